The molecular weight excluding hydrogens is 207 g/mol. The van der Waals surface area contributed by atoms with Gasteiger partial charge in [-0.2, -0.15) is 0 Å². The second kappa shape index (κ2) is 3.82. The molecule has 1 heterocycles. The summed E-state index contributed by atoms with van der Waals surface area (Å²) in [6, 6.07) is 0. The van der Waals surface area contributed by atoms with Crippen LogP contribution in [0.3, 0.4) is 0 Å². The summed E-state index contributed by atoms with van der Waals surface area (Å²) in [5, 5.41) is 4.32. The van der Waals surface area contributed by atoms with Crippen LogP contribution >= 0.6 is 23.2 Å². The van der Waals surface area contributed by atoms with Crippen LogP contribution in [0.25, 0.3) is 0 Å². The quantitative estimate of drug-likeness (QED) is 0.827. The third-order valence-electron chi connectivity index (χ3n) is 2.10. The monoisotopic (exact) mass is 218 g/mol. The van der Waals surface area contributed by atoms with Gasteiger partial charge in [0.05, 0.1) is 10.0 Å². The summed E-state index contributed by atoms with van der Waals surface area (Å²) >= 11 is 12.0. The predicted octanol–water partition coefficient (Wildman–Crippen LogP) is 2.84. The number of aromatic nitrogens is 1. The normalized spacial score (nSPS) is 11.8. The molecule has 0 radical (unpaired) electrons. The van der Waals surface area contributed by atoms with E-state index < -0.39 is 0 Å². The van der Waals surface area contributed by atoms with Crippen LogP contribution in [-0.2, 0) is 5.54 Å². The Labute approximate surface area is 88.3 Å². The van der Waals surface area contributed by atoms with Crippen LogP contribution in [0.1, 0.15) is 19.4 Å². The van der Waals surface area contributed by atoms with E-state index in [9.17, 15) is 0 Å². The molecule has 0 amide bonds. The Hall–Kier alpha value is -0.310. The van der Waals surface area contributed by atoms with E-state index in [0.29, 0.717) is 10.0 Å². The Bertz CT molecular complexity index is 290. The number of halogens is 2. The number of pyridine rings is 1. The molecule has 0 fully saturated rings. The molecule has 0 aliphatic rings. The second-order valence-electron chi connectivity index (χ2n) is 3.35. The van der Waals surface area contributed by atoms with Crippen molar-refractivity contribution in [1.82, 2.24) is 10.3 Å². The van der Waals surface area contributed by atoms with E-state index in [1.807, 2.05) is 20.9 Å². The molecule has 0 atom stereocenters. The molecule has 72 valence electrons. The summed E-state index contributed by atoms with van der Waals surface area (Å²) in [6.45, 7) is 4.03. The van der Waals surface area contributed by atoms with Gasteiger partial charge in [0.1, 0.15) is 0 Å². The Kier molecular flexibility index (Phi) is 3.17. The molecule has 0 aromatic carbocycles. The summed E-state index contributed by atoms with van der Waals surface area (Å²) in [4.78, 5) is 3.90. The van der Waals surface area contributed by atoms with Crippen LogP contribution in [-0.4, -0.2) is 12.0 Å². The van der Waals surface area contributed by atoms with E-state index in [1.54, 1.807) is 12.4 Å². The van der Waals surface area contributed by atoms with Crippen LogP contribution in [0.4, 0.5) is 0 Å². The van der Waals surface area contributed by atoms with Gasteiger partial charge < -0.3 is 5.32 Å². The molecule has 2 nitrogen and oxygen atoms in total. The Morgan fingerprint density at radius 1 is 1.23 bits per heavy atom. The molecule has 0 saturated heterocycles. The van der Waals surface area contributed by atoms with E-state index in [4.69, 9.17) is 23.2 Å². The van der Waals surface area contributed by atoms with Gasteiger partial charge in [0.25, 0.3) is 0 Å². The van der Waals surface area contributed by atoms with Crippen molar-refractivity contribution in [2.45, 2.75) is 19.4 Å². The van der Waals surface area contributed by atoms with Crippen molar-refractivity contribution in [2.75, 3.05) is 7.05 Å². The minimum Gasteiger partial charge on any atom is -0.311 e. The van der Waals surface area contributed by atoms with E-state index in [2.05, 4.69) is 10.3 Å². The zero-order valence-electron chi connectivity index (χ0n) is 7.86. The number of rotatable bonds is 2. The lowest BCUT2D eigenvalue weighted by Gasteiger charge is -2.26. The largest absolute Gasteiger partial charge is 0.311 e. The third kappa shape index (κ3) is 2.13. The minimum atomic E-state index is -0.239. The van der Waals surface area contributed by atoms with Gasteiger partial charge in [-0.15, -0.1) is 0 Å². The van der Waals surface area contributed by atoms with Crippen LogP contribution in [0, 0.1) is 0 Å². The van der Waals surface area contributed by atoms with Crippen molar-refractivity contribution in [3.05, 3.63) is 28.0 Å². The summed E-state index contributed by atoms with van der Waals surface area (Å²) in [5.41, 5.74) is 0.644. The first-order valence-electron chi connectivity index (χ1n) is 3.97. The van der Waals surface area contributed by atoms with Gasteiger partial charge in [-0.3, -0.25) is 4.98 Å². The average molecular weight is 219 g/mol. The number of nitrogens with zero attached hydrogens (tertiary/aromatic N) is 1. The number of hydrogen-bond acceptors (Lipinski definition) is 2. The van der Waals surface area contributed by atoms with Gasteiger partial charge in [-0.05, 0) is 20.9 Å². The molecule has 0 unspecified atom stereocenters. The van der Waals surface area contributed by atoms with Crippen LogP contribution < -0.4 is 5.32 Å². The first-order chi connectivity index (χ1) is 5.99. The van der Waals surface area contributed by atoms with Crippen molar-refractivity contribution in [3.63, 3.8) is 0 Å². The molecule has 0 bridgehead atoms. The molecule has 1 aromatic heterocycles. The SMILES string of the molecule is CNC(C)(C)c1c(Cl)cncc1Cl. The van der Waals surface area contributed by atoms with Crippen LogP contribution in [0.2, 0.25) is 10.0 Å². The fourth-order valence-electron chi connectivity index (χ4n) is 1.13. The average Bonchev–Trinajstić information content (AvgIpc) is 2.03. The van der Waals surface area contributed by atoms with E-state index in [-0.39, 0.29) is 5.54 Å². The van der Waals surface area contributed by atoms with Crippen molar-refractivity contribution in [3.8, 4) is 0 Å². The van der Waals surface area contributed by atoms with Crippen molar-refractivity contribution in [2.24, 2.45) is 0 Å². The van der Waals surface area contributed by atoms with E-state index >= 15 is 0 Å². The van der Waals surface area contributed by atoms with Crippen molar-refractivity contribution < 1.29 is 0 Å². The summed E-state index contributed by atoms with van der Waals surface area (Å²) < 4.78 is 0. The van der Waals surface area contributed by atoms with Gasteiger partial charge in [0.2, 0.25) is 0 Å². The van der Waals surface area contributed by atoms with Gasteiger partial charge in [-0.1, -0.05) is 23.2 Å². The van der Waals surface area contributed by atoms with Gasteiger partial charge in [-0.25, -0.2) is 0 Å². The Morgan fingerprint density at radius 3 is 2.08 bits per heavy atom. The molecule has 0 aliphatic heterocycles. The highest BCUT2D eigenvalue weighted by Crippen LogP contribution is 2.32. The zero-order valence-corrected chi connectivity index (χ0v) is 9.37. The van der Waals surface area contributed by atoms with Crippen LogP contribution in [0.15, 0.2) is 12.4 Å². The third-order valence-corrected chi connectivity index (χ3v) is 2.68. The molecule has 0 spiro atoms. The highest BCUT2D eigenvalue weighted by atomic mass is 35.5. The number of hydrogen-bond donors (Lipinski definition) is 1. The van der Waals surface area contributed by atoms with Gasteiger partial charge in [0, 0.05) is 23.5 Å². The smallest absolute Gasteiger partial charge is 0.0654 e. The van der Waals surface area contributed by atoms with Gasteiger partial charge >= 0.3 is 0 Å². The Balaban J connectivity index is 3.28. The maximum Gasteiger partial charge on any atom is 0.0654 e. The maximum atomic E-state index is 6.01. The van der Waals surface area contributed by atoms with Gasteiger partial charge in [0.15, 0.2) is 0 Å². The summed E-state index contributed by atoms with van der Waals surface area (Å²) in [7, 11) is 1.87. The fraction of sp³-hybridized carbons (Fsp3) is 0.444. The number of nitrogens with one attached hydrogen (secondary N) is 1. The highest BCUT2D eigenvalue weighted by Gasteiger charge is 2.23. The van der Waals surface area contributed by atoms with Crippen molar-refractivity contribution in [1.29, 1.82) is 0 Å². The summed E-state index contributed by atoms with van der Waals surface area (Å²) in [5.74, 6) is 0. The zero-order chi connectivity index (χ0) is 10.1. The maximum absolute atomic E-state index is 6.01. The van der Waals surface area contributed by atoms with E-state index in [0.717, 1.165) is 5.56 Å². The molecule has 1 aromatic rings. The Morgan fingerprint density at radius 2 is 1.69 bits per heavy atom. The lowest BCUT2D eigenvalue weighted by Crippen LogP contribution is -2.33. The second-order valence-corrected chi connectivity index (χ2v) is 4.17. The lowest BCUT2D eigenvalue weighted by molar-refractivity contribution is 0.444. The van der Waals surface area contributed by atoms with Crippen LogP contribution in [0.5, 0.6) is 0 Å². The van der Waals surface area contributed by atoms with Crippen molar-refractivity contribution >= 4 is 23.2 Å². The molecule has 0 aliphatic carbocycles. The first kappa shape index (κ1) is 10.8. The molecule has 4 heteroatoms. The lowest BCUT2D eigenvalue weighted by atomic mass is 9.95. The molecular formula is C9H12Cl2N2. The fourth-order valence-corrected chi connectivity index (χ4v) is 1.97. The topological polar surface area (TPSA) is 24.9 Å². The molecule has 0 saturated carbocycles. The summed E-state index contributed by atoms with van der Waals surface area (Å²) in [6.07, 6.45) is 3.20. The molecule has 13 heavy (non-hydrogen) atoms. The first-order valence-corrected chi connectivity index (χ1v) is 4.73. The highest BCUT2D eigenvalue weighted by molar-refractivity contribution is 6.35. The minimum absolute atomic E-state index is 0.239. The molecule has 1 N–H and O–H groups in total. The van der Waals surface area contributed by atoms with E-state index in [1.165, 1.54) is 0 Å². The predicted molar refractivity (Wildman–Crippen MR) is 56.3 cm³/mol. The standard InChI is InChI=1S/C9H12Cl2N2/c1-9(2,12-3)8-6(10)4-13-5-7(8)11/h4-5,12H,1-3H3. The molecule has 1 rings (SSSR count).